The van der Waals surface area contributed by atoms with E-state index in [2.05, 4.69) is 23.8 Å². The van der Waals surface area contributed by atoms with E-state index in [4.69, 9.17) is 0 Å². The zero-order chi connectivity index (χ0) is 10.8. The standard InChI is InChI=1S/C12H24N2O/c1-3-10-9-14(8-7-13(10)2)11-5-4-6-12(11)15/h10-12,15H,3-9H2,1-2H3/t10?,11-,12-/m1/s1. The van der Waals surface area contributed by atoms with Crippen molar-refractivity contribution in [2.45, 2.75) is 50.8 Å². The molecule has 1 aliphatic heterocycles. The fourth-order valence-corrected chi connectivity index (χ4v) is 3.06. The molecule has 1 unspecified atom stereocenters. The molecule has 0 amide bonds. The van der Waals surface area contributed by atoms with Gasteiger partial charge in [-0.2, -0.15) is 0 Å². The van der Waals surface area contributed by atoms with Crippen LogP contribution in [0.4, 0.5) is 0 Å². The van der Waals surface area contributed by atoms with Gasteiger partial charge in [0.2, 0.25) is 0 Å². The molecular formula is C12H24N2O. The number of piperazine rings is 1. The molecule has 0 bridgehead atoms. The van der Waals surface area contributed by atoms with E-state index in [9.17, 15) is 5.11 Å². The Hall–Kier alpha value is -0.120. The Morgan fingerprint density at radius 2 is 2.07 bits per heavy atom. The van der Waals surface area contributed by atoms with E-state index < -0.39 is 0 Å². The molecule has 2 fully saturated rings. The number of likely N-dealkylation sites (N-methyl/N-ethyl adjacent to an activating group) is 1. The zero-order valence-electron chi connectivity index (χ0n) is 10.0. The number of aliphatic hydroxyl groups excluding tert-OH is 1. The van der Waals surface area contributed by atoms with Gasteiger partial charge >= 0.3 is 0 Å². The highest BCUT2D eigenvalue weighted by molar-refractivity contribution is 4.90. The van der Waals surface area contributed by atoms with Crippen molar-refractivity contribution in [2.24, 2.45) is 0 Å². The third kappa shape index (κ3) is 2.35. The molecule has 2 rings (SSSR count). The molecule has 15 heavy (non-hydrogen) atoms. The molecule has 1 saturated carbocycles. The Morgan fingerprint density at radius 3 is 2.67 bits per heavy atom. The maximum atomic E-state index is 9.91. The van der Waals surface area contributed by atoms with Crippen LogP contribution < -0.4 is 0 Å². The molecule has 1 aliphatic carbocycles. The lowest BCUT2D eigenvalue weighted by atomic mass is 10.1. The molecule has 1 saturated heterocycles. The van der Waals surface area contributed by atoms with Gasteiger partial charge < -0.3 is 10.0 Å². The summed E-state index contributed by atoms with van der Waals surface area (Å²) in [6.45, 7) is 5.70. The van der Waals surface area contributed by atoms with Crippen LogP contribution in [-0.2, 0) is 0 Å². The summed E-state index contributed by atoms with van der Waals surface area (Å²) in [4.78, 5) is 4.98. The van der Waals surface area contributed by atoms with E-state index in [1.165, 1.54) is 19.3 Å². The molecule has 3 heteroatoms. The van der Waals surface area contributed by atoms with Gasteiger partial charge in [-0.3, -0.25) is 4.90 Å². The van der Waals surface area contributed by atoms with Gasteiger partial charge in [-0.15, -0.1) is 0 Å². The van der Waals surface area contributed by atoms with Crippen LogP contribution in [0.15, 0.2) is 0 Å². The van der Waals surface area contributed by atoms with Gasteiger partial charge in [0.05, 0.1) is 6.10 Å². The van der Waals surface area contributed by atoms with E-state index in [-0.39, 0.29) is 6.10 Å². The highest BCUT2D eigenvalue weighted by atomic mass is 16.3. The summed E-state index contributed by atoms with van der Waals surface area (Å²) in [5.41, 5.74) is 0. The SMILES string of the molecule is CCC1CN([C@@H]2CCC[C@H]2O)CCN1C. The first-order valence-corrected chi connectivity index (χ1v) is 6.34. The summed E-state index contributed by atoms with van der Waals surface area (Å²) in [6.07, 6.45) is 4.56. The first-order valence-electron chi connectivity index (χ1n) is 6.34. The second-order valence-electron chi connectivity index (χ2n) is 5.10. The summed E-state index contributed by atoms with van der Waals surface area (Å²) < 4.78 is 0. The van der Waals surface area contributed by atoms with E-state index in [0.717, 1.165) is 26.1 Å². The smallest absolute Gasteiger partial charge is 0.0695 e. The maximum Gasteiger partial charge on any atom is 0.0695 e. The largest absolute Gasteiger partial charge is 0.391 e. The third-order valence-corrected chi connectivity index (χ3v) is 4.19. The van der Waals surface area contributed by atoms with Crippen molar-refractivity contribution in [3.63, 3.8) is 0 Å². The molecule has 1 heterocycles. The van der Waals surface area contributed by atoms with Crippen LogP contribution in [0, 0.1) is 0 Å². The monoisotopic (exact) mass is 212 g/mol. The van der Waals surface area contributed by atoms with Gasteiger partial charge in [0.25, 0.3) is 0 Å². The number of aliphatic hydroxyl groups is 1. The molecule has 0 aromatic heterocycles. The van der Waals surface area contributed by atoms with Gasteiger partial charge in [-0.05, 0) is 32.7 Å². The molecule has 3 atom stereocenters. The number of rotatable bonds is 2. The molecule has 2 aliphatic rings. The summed E-state index contributed by atoms with van der Waals surface area (Å²) in [5, 5.41) is 9.91. The average Bonchev–Trinajstić information content (AvgIpc) is 2.65. The summed E-state index contributed by atoms with van der Waals surface area (Å²) in [5.74, 6) is 0. The minimum absolute atomic E-state index is 0.0640. The molecule has 0 aromatic carbocycles. The van der Waals surface area contributed by atoms with Crippen LogP contribution in [0.25, 0.3) is 0 Å². The van der Waals surface area contributed by atoms with E-state index in [0.29, 0.717) is 12.1 Å². The number of hydrogen-bond acceptors (Lipinski definition) is 3. The second kappa shape index (κ2) is 4.81. The minimum Gasteiger partial charge on any atom is -0.391 e. The van der Waals surface area contributed by atoms with Crippen molar-refractivity contribution in [1.82, 2.24) is 9.80 Å². The van der Waals surface area contributed by atoms with Crippen LogP contribution in [-0.4, -0.2) is 59.8 Å². The van der Waals surface area contributed by atoms with Crippen LogP contribution in [0.1, 0.15) is 32.6 Å². The van der Waals surface area contributed by atoms with Crippen molar-refractivity contribution in [3.8, 4) is 0 Å². The highest BCUT2D eigenvalue weighted by Crippen LogP contribution is 2.26. The molecule has 3 nitrogen and oxygen atoms in total. The summed E-state index contributed by atoms with van der Waals surface area (Å²) >= 11 is 0. The van der Waals surface area contributed by atoms with E-state index in [1.807, 2.05) is 0 Å². The Labute approximate surface area is 93.1 Å². The summed E-state index contributed by atoms with van der Waals surface area (Å²) in [6, 6.07) is 1.14. The Morgan fingerprint density at radius 1 is 1.27 bits per heavy atom. The van der Waals surface area contributed by atoms with Crippen LogP contribution in [0.2, 0.25) is 0 Å². The van der Waals surface area contributed by atoms with Crippen molar-refractivity contribution in [3.05, 3.63) is 0 Å². The average molecular weight is 212 g/mol. The van der Waals surface area contributed by atoms with Crippen molar-refractivity contribution in [1.29, 1.82) is 0 Å². The number of hydrogen-bond donors (Lipinski definition) is 1. The Balaban J connectivity index is 1.93. The fraction of sp³-hybridized carbons (Fsp3) is 1.00. The van der Waals surface area contributed by atoms with Crippen LogP contribution in [0.5, 0.6) is 0 Å². The van der Waals surface area contributed by atoms with E-state index >= 15 is 0 Å². The van der Waals surface area contributed by atoms with Gasteiger partial charge in [-0.25, -0.2) is 0 Å². The Kier molecular flexibility index (Phi) is 3.65. The highest BCUT2D eigenvalue weighted by Gasteiger charge is 2.34. The van der Waals surface area contributed by atoms with Crippen molar-refractivity contribution < 1.29 is 5.11 Å². The molecule has 0 radical (unpaired) electrons. The lowest BCUT2D eigenvalue weighted by molar-refractivity contribution is 0.0166. The lowest BCUT2D eigenvalue weighted by Crippen LogP contribution is -2.55. The predicted octanol–water partition coefficient (Wildman–Crippen LogP) is 0.926. The van der Waals surface area contributed by atoms with Gasteiger partial charge in [0, 0.05) is 31.7 Å². The number of nitrogens with zero attached hydrogens (tertiary/aromatic N) is 2. The molecule has 0 spiro atoms. The summed E-state index contributed by atoms with van der Waals surface area (Å²) in [7, 11) is 2.22. The molecule has 88 valence electrons. The zero-order valence-corrected chi connectivity index (χ0v) is 10.0. The normalized spacial score (nSPS) is 39.8. The quantitative estimate of drug-likeness (QED) is 0.737. The van der Waals surface area contributed by atoms with E-state index in [1.54, 1.807) is 0 Å². The fourth-order valence-electron chi connectivity index (χ4n) is 3.06. The van der Waals surface area contributed by atoms with Gasteiger partial charge in [0.1, 0.15) is 0 Å². The lowest BCUT2D eigenvalue weighted by Gasteiger charge is -2.42. The minimum atomic E-state index is -0.0640. The first-order chi connectivity index (χ1) is 7.22. The van der Waals surface area contributed by atoms with Gasteiger partial charge in [0.15, 0.2) is 0 Å². The molecule has 1 N–H and O–H groups in total. The topological polar surface area (TPSA) is 26.7 Å². The van der Waals surface area contributed by atoms with Crippen molar-refractivity contribution in [2.75, 3.05) is 26.7 Å². The third-order valence-electron chi connectivity index (χ3n) is 4.19. The van der Waals surface area contributed by atoms with Gasteiger partial charge in [-0.1, -0.05) is 6.92 Å². The molecular weight excluding hydrogens is 188 g/mol. The second-order valence-corrected chi connectivity index (χ2v) is 5.10. The maximum absolute atomic E-state index is 9.91. The first kappa shape index (κ1) is 11.4. The molecule has 0 aromatic rings. The van der Waals surface area contributed by atoms with Crippen LogP contribution in [0.3, 0.4) is 0 Å². The Bertz CT molecular complexity index is 210. The van der Waals surface area contributed by atoms with Crippen molar-refractivity contribution >= 4 is 0 Å². The van der Waals surface area contributed by atoms with Crippen LogP contribution >= 0.6 is 0 Å². The predicted molar refractivity (Wildman–Crippen MR) is 61.9 cm³/mol.